The fourth-order valence-corrected chi connectivity index (χ4v) is 4.53. The number of carbonyl (C=O) groups excluding carboxylic acids is 1. The van der Waals surface area contributed by atoms with E-state index in [-0.39, 0.29) is 6.03 Å². The number of hydrogen-bond acceptors (Lipinski definition) is 2. The first-order valence-electron chi connectivity index (χ1n) is 7.91. The van der Waals surface area contributed by atoms with Crippen LogP contribution in [0.25, 0.3) is 0 Å². The van der Waals surface area contributed by atoms with Gasteiger partial charge in [0.05, 0.1) is 0 Å². The van der Waals surface area contributed by atoms with E-state index in [1.54, 1.807) is 0 Å². The second-order valence-electron chi connectivity index (χ2n) is 6.09. The van der Waals surface area contributed by atoms with E-state index in [4.69, 9.17) is 0 Å². The zero-order valence-electron chi connectivity index (χ0n) is 12.6. The van der Waals surface area contributed by atoms with Gasteiger partial charge in [0, 0.05) is 23.9 Å². The average Bonchev–Trinajstić information content (AvgIpc) is 2.78. The predicted octanol–water partition coefficient (Wildman–Crippen LogP) is 3.30. The molecule has 0 spiro atoms. The number of nitrogens with zero attached hydrogens (tertiary/aromatic N) is 1. The van der Waals surface area contributed by atoms with E-state index in [0.29, 0.717) is 12.1 Å². The standard InChI is InChI=1S/C17H24N2OS/c1-21-16-11-14-7-8-15(12-16)19(14)17(20)18-10-9-13-5-3-2-4-6-13/h2-6,14-16H,7-12H2,1H3,(H,18,20)/t14-,15+,16?. The molecule has 21 heavy (non-hydrogen) atoms. The van der Waals surface area contributed by atoms with Crippen LogP contribution in [0.5, 0.6) is 0 Å². The van der Waals surface area contributed by atoms with Gasteiger partial charge in [-0.15, -0.1) is 0 Å². The largest absolute Gasteiger partial charge is 0.338 e. The molecule has 4 heteroatoms. The Morgan fingerprint density at radius 1 is 1.24 bits per heavy atom. The van der Waals surface area contributed by atoms with Crippen molar-refractivity contribution in [1.82, 2.24) is 10.2 Å². The van der Waals surface area contributed by atoms with Crippen LogP contribution in [0.2, 0.25) is 0 Å². The van der Waals surface area contributed by atoms with E-state index in [1.165, 1.54) is 31.2 Å². The van der Waals surface area contributed by atoms with Crippen molar-refractivity contribution in [3.05, 3.63) is 35.9 Å². The normalized spacial score (nSPS) is 27.7. The molecule has 0 aliphatic carbocycles. The van der Waals surface area contributed by atoms with Crippen LogP contribution in [0.15, 0.2) is 30.3 Å². The molecule has 2 fully saturated rings. The molecule has 0 aromatic heterocycles. The summed E-state index contributed by atoms with van der Waals surface area (Å²) in [5, 5.41) is 3.86. The first-order valence-corrected chi connectivity index (χ1v) is 9.19. The Hall–Kier alpha value is -1.16. The van der Waals surface area contributed by atoms with Crippen molar-refractivity contribution in [2.24, 2.45) is 0 Å². The molecule has 2 amide bonds. The van der Waals surface area contributed by atoms with Gasteiger partial charge in [0.25, 0.3) is 0 Å². The number of carbonyl (C=O) groups is 1. The topological polar surface area (TPSA) is 32.3 Å². The van der Waals surface area contributed by atoms with Gasteiger partial charge in [0.1, 0.15) is 0 Å². The highest BCUT2D eigenvalue weighted by Crippen LogP contribution is 2.39. The van der Waals surface area contributed by atoms with Crippen LogP contribution in [-0.4, -0.2) is 41.1 Å². The zero-order chi connectivity index (χ0) is 14.7. The summed E-state index contributed by atoms with van der Waals surface area (Å²) in [5.74, 6) is 0. The molecule has 2 aliphatic rings. The Kier molecular flexibility index (Phi) is 4.73. The molecule has 1 unspecified atom stereocenters. The van der Waals surface area contributed by atoms with Crippen molar-refractivity contribution < 1.29 is 4.79 Å². The number of piperidine rings is 1. The average molecular weight is 304 g/mol. The molecule has 2 aliphatic heterocycles. The summed E-state index contributed by atoms with van der Waals surface area (Å²) in [7, 11) is 0. The molecular formula is C17H24N2OS. The van der Waals surface area contributed by atoms with Gasteiger partial charge >= 0.3 is 6.03 Å². The molecule has 3 rings (SSSR count). The van der Waals surface area contributed by atoms with Crippen molar-refractivity contribution in [2.75, 3.05) is 12.8 Å². The Morgan fingerprint density at radius 2 is 1.90 bits per heavy atom. The van der Waals surface area contributed by atoms with E-state index in [2.05, 4.69) is 28.6 Å². The summed E-state index contributed by atoms with van der Waals surface area (Å²) >= 11 is 1.96. The number of hydrogen-bond donors (Lipinski definition) is 1. The van der Waals surface area contributed by atoms with Crippen molar-refractivity contribution >= 4 is 17.8 Å². The molecule has 2 bridgehead atoms. The predicted molar refractivity (Wildman–Crippen MR) is 88.7 cm³/mol. The van der Waals surface area contributed by atoms with Crippen LogP contribution >= 0.6 is 11.8 Å². The molecule has 0 radical (unpaired) electrons. The van der Waals surface area contributed by atoms with E-state index >= 15 is 0 Å². The summed E-state index contributed by atoms with van der Waals surface area (Å²) < 4.78 is 0. The Bertz CT molecular complexity index is 465. The van der Waals surface area contributed by atoms with Gasteiger partial charge in [-0.3, -0.25) is 0 Å². The minimum absolute atomic E-state index is 0.151. The van der Waals surface area contributed by atoms with Crippen molar-refractivity contribution in [3.8, 4) is 0 Å². The van der Waals surface area contributed by atoms with Crippen molar-refractivity contribution in [3.63, 3.8) is 0 Å². The number of fused-ring (bicyclic) bond motifs is 2. The quantitative estimate of drug-likeness (QED) is 0.925. The molecular weight excluding hydrogens is 280 g/mol. The monoisotopic (exact) mass is 304 g/mol. The van der Waals surface area contributed by atoms with Gasteiger partial charge < -0.3 is 10.2 Å². The second-order valence-corrected chi connectivity index (χ2v) is 7.23. The van der Waals surface area contributed by atoms with Crippen LogP contribution < -0.4 is 5.32 Å². The lowest BCUT2D eigenvalue weighted by Crippen LogP contribution is -2.51. The molecule has 2 saturated heterocycles. The Balaban J connectivity index is 1.50. The maximum atomic E-state index is 12.5. The lowest BCUT2D eigenvalue weighted by molar-refractivity contribution is 0.149. The molecule has 114 valence electrons. The number of benzene rings is 1. The van der Waals surface area contributed by atoms with Crippen molar-refractivity contribution in [1.29, 1.82) is 0 Å². The van der Waals surface area contributed by atoms with E-state index in [9.17, 15) is 4.79 Å². The fraction of sp³-hybridized carbons (Fsp3) is 0.588. The molecule has 3 nitrogen and oxygen atoms in total. The van der Waals surface area contributed by atoms with Gasteiger partial charge in [0.15, 0.2) is 0 Å². The van der Waals surface area contributed by atoms with Crippen LogP contribution in [0.3, 0.4) is 0 Å². The third-order valence-electron chi connectivity index (χ3n) is 4.79. The molecule has 2 heterocycles. The van der Waals surface area contributed by atoms with Crippen molar-refractivity contribution in [2.45, 2.75) is 49.4 Å². The minimum Gasteiger partial charge on any atom is -0.338 e. The van der Waals surface area contributed by atoms with Gasteiger partial charge in [-0.2, -0.15) is 11.8 Å². The molecule has 1 aromatic rings. The molecule has 1 N–H and O–H groups in total. The highest BCUT2D eigenvalue weighted by atomic mass is 32.2. The summed E-state index contributed by atoms with van der Waals surface area (Å²) in [6.45, 7) is 0.727. The lowest BCUT2D eigenvalue weighted by atomic mass is 10.0. The first kappa shape index (κ1) is 14.8. The fourth-order valence-electron chi connectivity index (χ4n) is 3.70. The van der Waals surface area contributed by atoms with Gasteiger partial charge in [-0.05, 0) is 43.9 Å². The summed E-state index contributed by atoms with van der Waals surface area (Å²) in [4.78, 5) is 14.6. The molecule has 1 aromatic carbocycles. The van der Waals surface area contributed by atoms with Crippen LogP contribution in [0.1, 0.15) is 31.2 Å². The summed E-state index contributed by atoms with van der Waals surface area (Å²) in [6, 6.07) is 11.4. The highest BCUT2D eigenvalue weighted by Gasteiger charge is 2.42. The second kappa shape index (κ2) is 6.73. The maximum Gasteiger partial charge on any atom is 0.317 e. The minimum atomic E-state index is 0.151. The number of nitrogens with one attached hydrogen (secondary N) is 1. The Morgan fingerprint density at radius 3 is 2.52 bits per heavy atom. The number of amides is 2. The van der Waals surface area contributed by atoms with Gasteiger partial charge in [0.2, 0.25) is 0 Å². The third-order valence-corrected chi connectivity index (χ3v) is 5.84. The number of urea groups is 1. The Labute approximate surface area is 131 Å². The maximum absolute atomic E-state index is 12.5. The summed E-state index contributed by atoms with van der Waals surface area (Å²) in [5.41, 5.74) is 1.28. The highest BCUT2D eigenvalue weighted by molar-refractivity contribution is 7.99. The van der Waals surface area contributed by atoms with E-state index in [0.717, 1.165) is 18.2 Å². The van der Waals surface area contributed by atoms with Gasteiger partial charge in [-0.25, -0.2) is 4.79 Å². The molecule has 0 saturated carbocycles. The third kappa shape index (κ3) is 3.37. The van der Waals surface area contributed by atoms with Crippen LogP contribution in [0, 0.1) is 0 Å². The number of rotatable bonds is 4. The zero-order valence-corrected chi connectivity index (χ0v) is 13.4. The smallest absolute Gasteiger partial charge is 0.317 e. The van der Waals surface area contributed by atoms with Crippen LogP contribution in [0.4, 0.5) is 4.79 Å². The lowest BCUT2D eigenvalue weighted by Gasteiger charge is -2.38. The number of thioether (sulfide) groups is 1. The van der Waals surface area contributed by atoms with Crippen LogP contribution in [-0.2, 0) is 6.42 Å². The molecule has 3 atom stereocenters. The first-order chi connectivity index (χ1) is 10.3. The van der Waals surface area contributed by atoms with E-state index in [1.807, 2.05) is 30.0 Å². The SMILES string of the molecule is CSC1C[C@H]2CC[C@@H](C1)N2C(=O)NCCc1ccccc1. The van der Waals surface area contributed by atoms with Gasteiger partial charge in [-0.1, -0.05) is 30.3 Å². The summed E-state index contributed by atoms with van der Waals surface area (Å²) in [6.07, 6.45) is 7.82. The van der Waals surface area contributed by atoms with E-state index < -0.39 is 0 Å².